The van der Waals surface area contributed by atoms with Crippen LogP contribution in [0, 0.1) is 0 Å². The molecule has 0 radical (unpaired) electrons. The maximum atomic E-state index is 9.22. The van der Waals surface area contributed by atoms with Crippen LogP contribution in [0.2, 0.25) is 0 Å². The first kappa shape index (κ1) is 19.1. The quantitative estimate of drug-likeness (QED) is 0.131. The Morgan fingerprint density at radius 3 is 1.00 bits per heavy atom. The van der Waals surface area contributed by atoms with Crippen LogP contribution in [0.3, 0.4) is 0 Å². The summed E-state index contributed by atoms with van der Waals surface area (Å²) in [5.74, 6) is 0. The Hall–Kier alpha value is 1.44. The molecule has 0 saturated heterocycles. The van der Waals surface area contributed by atoms with Crippen LogP contribution >= 0.6 is 15.6 Å². The van der Waals surface area contributed by atoms with Crippen molar-refractivity contribution in [2.45, 2.75) is 0 Å². The van der Waals surface area contributed by atoms with E-state index in [-0.39, 0.29) is 37.7 Å². The fourth-order valence-electron chi connectivity index (χ4n) is 0. The van der Waals surface area contributed by atoms with Crippen molar-refractivity contribution in [3.05, 3.63) is 0 Å². The zero-order chi connectivity index (χ0) is 9.71. The minimum absolute atomic E-state index is 0. The molecule has 0 aromatic heterocycles. The van der Waals surface area contributed by atoms with Gasteiger partial charge in [-0.2, -0.15) is 0 Å². The first-order valence-corrected chi connectivity index (χ1v) is 4.83. The Kier molecular flexibility index (Phi) is 12.4. The number of phosphoric acid groups is 2. The van der Waals surface area contributed by atoms with Crippen LogP contribution in [-0.4, -0.2) is 67.5 Å². The van der Waals surface area contributed by atoms with Crippen molar-refractivity contribution in [1.82, 2.24) is 0 Å². The van der Waals surface area contributed by atoms with Crippen LogP contribution in [0.5, 0.6) is 0 Å². The van der Waals surface area contributed by atoms with Crippen molar-refractivity contribution in [1.29, 1.82) is 0 Å². The summed E-state index contributed by atoms with van der Waals surface area (Å²) in [4.78, 5) is 36.5. The van der Waals surface area contributed by atoms with Crippen molar-refractivity contribution in [3.8, 4) is 0 Å². The van der Waals surface area contributed by atoms with E-state index < -0.39 is 15.6 Å². The molecular formula is H8CaO9P2. The van der Waals surface area contributed by atoms with Crippen LogP contribution in [0.25, 0.3) is 0 Å². The van der Waals surface area contributed by atoms with Crippen molar-refractivity contribution < 1.29 is 43.5 Å². The summed E-state index contributed by atoms with van der Waals surface area (Å²) >= 11 is 0. The molecule has 74 valence electrons. The van der Waals surface area contributed by atoms with Gasteiger partial charge < -0.3 is 24.5 Å². The molecule has 9 nitrogen and oxygen atoms in total. The molecular weight excluding hydrogens is 246 g/mol. The van der Waals surface area contributed by atoms with Gasteiger partial charge in [0.2, 0.25) is 0 Å². The van der Waals surface area contributed by atoms with E-state index in [4.69, 9.17) is 34.3 Å². The molecule has 0 fully saturated rings. The van der Waals surface area contributed by atoms with Crippen molar-refractivity contribution >= 4 is 53.4 Å². The van der Waals surface area contributed by atoms with Gasteiger partial charge in [0.25, 0.3) is 0 Å². The summed E-state index contributed by atoms with van der Waals surface area (Å²) < 4.78 is 20.7. The monoisotopic (exact) mass is 254 g/mol. The van der Waals surface area contributed by atoms with Crippen LogP contribution < -0.4 is 0 Å². The predicted octanol–water partition coefficient (Wildman–Crippen LogP) is -2.28. The van der Waals surface area contributed by atoms with E-state index in [1.807, 2.05) is 0 Å². The van der Waals surface area contributed by atoms with Crippen molar-refractivity contribution in [2.24, 2.45) is 0 Å². The summed E-state index contributed by atoms with van der Waals surface area (Å²) in [6, 6.07) is 0. The second-order valence-corrected chi connectivity index (χ2v) is 3.26. The molecule has 0 atom stereocenters. The molecule has 0 bridgehead atoms. The molecule has 0 aliphatic carbocycles. The Labute approximate surface area is 96.4 Å². The van der Waals surface area contributed by atoms with E-state index in [1.54, 1.807) is 0 Å². The van der Waals surface area contributed by atoms with Crippen LogP contribution in [0.15, 0.2) is 0 Å². The summed E-state index contributed by atoms with van der Waals surface area (Å²) in [6.07, 6.45) is 0. The van der Waals surface area contributed by atoms with E-state index in [0.717, 1.165) is 0 Å². The van der Waals surface area contributed by atoms with E-state index in [2.05, 4.69) is 4.67 Å². The van der Waals surface area contributed by atoms with Gasteiger partial charge in [-0.05, 0) is 0 Å². The van der Waals surface area contributed by atoms with E-state index in [0.29, 0.717) is 0 Å². The summed E-state index contributed by atoms with van der Waals surface area (Å²) in [5.41, 5.74) is 0. The van der Waals surface area contributed by atoms with Crippen LogP contribution in [-0.2, 0) is 13.8 Å². The molecule has 0 aromatic rings. The SMILES string of the molecule is O=P(O)(O)O.O=P(O)(O)OO.[CaH2]. The molecule has 0 unspecified atom stereocenters. The first-order valence-electron chi connectivity index (χ1n) is 1.73. The molecule has 12 heteroatoms. The fraction of sp³-hybridized carbons (Fsp3) is 0. The van der Waals surface area contributed by atoms with Gasteiger partial charge in [-0.15, -0.1) is 4.67 Å². The third kappa shape index (κ3) is 63.3. The molecule has 6 N–H and O–H groups in total. The minimum atomic E-state index is -4.64. The Balaban J connectivity index is -0.000000126. The van der Waals surface area contributed by atoms with Gasteiger partial charge in [-0.1, -0.05) is 0 Å². The van der Waals surface area contributed by atoms with Gasteiger partial charge in [-0.3, -0.25) is 0 Å². The van der Waals surface area contributed by atoms with Gasteiger partial charge >= 0.3 is 53.4 Å². The molecule has 12 heavy (non-hydrogen) atoms. The van der Waals surface area contributed by atoms with E-state index in [1.165, 1.54) is 0 Å². The summed E-state index contributed by atoms with van der Waals surface area (Å²) in [6.45, 7) is 0. The molecule has 0 saturated carbocycles. The Bertz CT molecular complexity index is 165. The standard InChI is InChI=1S/Ca.H3O5P.H3O4P.2H/c;1-5-6(2,3)4;1-5(2,3)4;;/h;1H,(H2,2,3,4);(H3,1,2,3,4);;. The van der Waals surface area contributed by atoms with Gasteiger partial charge in [0, 0.05) is 0 Å². The van der Waals surface area contributed by atoms with Gasteiger partial charge in [-0.25, -0.2) is 14.4 Å². The fourth-order valence-corrected chi connectivity index (χ4v) is 0. The molecule has 0 amide bonds. The molecule has 0 heterocycles. The maximum absolute atomic E-state index is 9.22. The zero-order valence-electron chi connectivity index (χ0n) is 4.80. The average Bonchev–Trinajstić information content (AvgIpc) is 1.59. The van der Waals surface area contributed by atoms with Gasteiger partial charge in [0.1, 0.15) is 0 Å². The van der Waals surface area contributed by atoms with E-state index >= 15 is 0 Å². The molecule has 0 spiro atoms. The molecule has 0 aliphatic rings. The second kappa shape index (κ2) is 7.81. The number of hydrogen-bond acceptors (Lipinski definition) is 4. The second-order valence-electron chi connectivity index (χ2n) is 1.09. The molecule has 0 aliphatic heterocycles. The normalized spacial score (nSPS) is 10.8. The van der Waals surface area contributed by atoms with Gasteiger partial charge in [0.15, 0.2) is 0 Å². The molecule has 0 aromatic carbocycles. The third-order valence-electron chi connectivity index (χ3n) is 0.106. The summed E-state index contributed by atoms with van der Waals surface area (Å²) in [7, 11) is -9.23. The topological polar surface area (TPSA) is 165 Å². The van der Waals surface area contributed by atoms with Crippen LogP contribution in [0.4, 0.5) is 0 Å². The predicted molar refractivity (Wildman–Crippen MR) is 38.6 cm³/mol. The van der Waals surface area contributed by atoms with Gasteiger partial charge in [0.05, 0.1) is 0 Å². The van der Waals surface area contributed by atoms with E-state index in [9.17, 15) is 4.57 Å². The summed E-state index contributed by atoms with van der Waals surface area (Å²) in [5, 5.41) is 7.14. The number of rotatable bonds is 1. The molecule has 0 rings (SSSR count). The van der Waals surface area contributed by atoms with Crippen LogP contribution in [0.1, 0.15) is 0 Å². The third-order valence-corrected chi connectivity index (χ3v) is 0.319. The van der Waals surface area contributed by atoms with Crippen molar-refractivity contribution in [3.63, 3.8) is 0 Å². The Morgan fingerprint density at radius 1 is 0.917 bits per heavy atom. The zero-order valence-corrected chi connectivity index (χ0v) is 6.59. The van der Waals surface area contributed by atoms with Crippen molar-refractivity contribution in [2.75, 3.05) is 0 Å². The average molecular weight is 254 g/mol. The number of hydrogen-bond donors (Lipinski definition) is 6. The Morgan fingerprint density at radius 2 is 1.00 bits per heavy atom. The first-order chi connectivity index (χ1) is 4.56.